The molecule has 1 heterocycles. The van der Waals surface area contributed by atoms with Gasteiger partial charge in [-0.25, -0.2) is 9.78 Å². The molecular weight excluding hydrogens is 180 g/mol. The Bertz CT molecular complexity index is 301. The number of hydrogen-bond donors (Lipinski definition) is 2. The zero-order valence-electron chi connectivity index (χ0n) is 6.44. The van der Waals surface area contributed by atoms with Crippen LogP contribution in [0, 0.1) is 6.92 Å². The molecule has 0 unspecified atom stereocenters. The second kappa shape index (κ2) is 3.92. The van der Waals surface area contributed by atoms with E-state index in [0.717, 1.165) is 5.56 Å². The number of halogens is 1. The highest BCUT2D eigenvalue weighted by Crippen LogP contribution is 2.12. The molecule has 0 atom stereocenters. The summed E-state index contributed by atoms with van der Waals surface area (Å²) in [6.07, 6.45) is 1.43. The van der Waals surface area contributed by atoms with E-state index in [0.29, 0.717) is 0 Å². The third kappa shape index (κ3) is 1.85. The zero-order valence-corrected chi connectivity index (χ0v) is 7.26. The lowest BCUT2D eigenvalue weighted by atomic mass is 10.2. The maximum atomic E-state index is 10.4. The van der Waals surface area contributed by atoms with Crippen LogP contribution in [0.15, 0.2) is 12.3 Å². The Morgan fingerprint density at radius 2 is 2.25 bits per heavy atom. The molecule has 12 heavy (non-hydrogen) atoms. The van der Waals surface area contributed by atoms with Crippen LogP contribution >= 0.6 is 12.4 Å². The molecule has 0 spiro atoms. The van der Waals surface area contributed by atoms with Gasteiger partial charge in [-0.3, -0.25) is 0 Å². The minimum Gasteiger partial charge on any atom is -0.476 e. The standard InChI is InChI=1S/C7H8N2O2.ClH/c1-4-2-3-9-6(5(4)8)7(10)11;/h2-3H,8H2,1H3,(H,10,11);1H. The number of aryl methyl sites for hydroxylation is 1. The molecular formula is C7H9ClN2O2. The Labute approximate surface area is 75.8 Å². The predicted octanol–water partition coefficient (Wildman–Crippen LogP) is 1.09. The number of aromatic carboxylic acids is 1. The van der Waals surface area contributed by atoms with Crippen LogP contribution in [-0.2, 0) is 0 Å². The lowest BCUT2D eigenvalue weighted by molar-refractivity contribution is 0.0691. The summed E-state index contributed by atoms with van der Waals surface area (Å²) in [5.74, 6) is -1.09. The largest absolute Gasteiger partial charge is 0.476 e. The van der Waals surface area contributed by atoms with E-state index in [4.69, 9.17) is 10.8 Å². The Balaban J connectivity index is 0.00000121. The third-order valence-corrected chi connectivity index (χ3v) is 1.41. The lowest BCUT2D eigenvalue weighted by Gasteiger charge is -2.00. The molecule has 0 aliphatic rings. The average molecular weight is 189 g/mol. The first kappa shape index (κ1) is 10.7. The van der Waals surface area contributed by atoms with E-state index in [1.807, 2.05) is 0 Å². The molecule has 0 aromatic carbocycles. The molecule has 0 bridgehead atoms. The number of pyridine rings is 1. The van der Waals surface area contributed by atoms with Crippen molar-refractivity contribution in [3.8, 4) is 0 Å². The van der Waals surface area contributed by atoms with Crippen LogP contribution in [0.3, 0.4) is 0 Å². The van der Waals surface area contributed by atoms with Crippen molar-refractivity contribution < 1.29 is 9.90 Å². The molecule has 5 heteroatoms. The van der Waals surface area contributed by atoms with E-state index in [2.05, 4.69) is 4.98 Å². The van der Waals surface area contributed by atoms with Gasteiger partial charge in [-0.15, -0.1) is 12.4 Å². The molecule has 0 saturated heterocycles. The molecule has 0 amide bonds. The molecule has 3 N–H and O–H groups in total. The first-order valence-corrected chi connectivity index (χ1v) is 3.07. The van der Waals surface area contributed by atoms with E-state index >= 15 is 0 Å². The van der Waals surface area contributed by atoms with Crippen LogP contribution < -0.4 is 5.73 Å². The third-order valence-electron chi connectivity index (χ3n) is 1.41. The van der Waals surface area contributed by atoms with Crippen LogP contribution in [0.4, 0.5) is 5.69 Å². The van der Waals surface area contributed by atoms with Gasteiger partial charge in [-0.2, -0.15) is 0 Å². The van der Waals surface area contributed by atoms with Gasteiger partial charge in [-0.05, 0) is 18.6 Å². The Morgan fingerprint density at radius 3 is 2.67 bits per heavy atom. The first-order valence-electron chi connectivity index (χ1n) is 3.07. The van der Waals surface area contributed by atoms with Gasteiger partial charge in [0, 0.05) is 6.20 Å². The van der Waals surface area contributed by atoms with Gasteiger partial charge < -0.3 is 10.8 Å². The van der Waals surface area contributed by atoms with Crippen molar-refractivity contribution in [3.05, 3.63) is 23.5 Å². The molecule has 1 rings (SSSR count). The van der Waals surface area contributed by atoms with Crippen molar-refractivity contribution in [2.75, 3.05) is 5.73 Å². The number of nitrogens with two attached hydrogens (primary N) is 1. The number of aromatic nitrogens is 1. The topological polar surface area (TPSA) is 76.2 Å². The molecule has 0 fully saturated rings. The minimum atomic E-state index is -1.09. The van der Waals surface area contributed by atoms with Crippen LogP contribution in [0.25, 0.3) is 0 Å². The molecule has 0 radical (unpaired) electrons. The summed E-state index contributed by atoms with van der Waals surface area (Å²) in [4.78, 5) is 14.0. The van der Waals surface area contributed by atoms with Gasteiger partial charge in [0.2, 0.25) is 0 Å². The van der Waals surface area contributed by atoms with Gasteiger partial charge in [0.15, 0.2) is 5.69 Å². The quantitative estimate of drug-likeness (QED) is 0.692. The van der Waals surface area contributed by atoms with E-state index in [1.54, 1.807) is 13.0 Å². The smallest absolute Gasteiger partial charge is 0.356 e. The van der Waals surface area contributed by atoms with Crippen molar-refractivity contribution in [1.82, 2.24) is 4.98 Å². The highest BCUT2D eigenvalue weighted by atomic mass is 35.5. The Hall–Kier alpha value is -1.29. The van der Waals surface area contributed by atoms with Crippen molar-refractivity contribution in [2.24, 2.45) is 0 Å². The summed E-state index contributed by atoms with van der Waals surface area (Å²) in [6.45, 7) is 1.74. The number of carboxylic acid groups (broad SMARTS) is 1. The monoisotopic (exact) mass is 188 g/mol. The maximum Gasteiger partial charge on any atom is 0.356 e. The number of carbonyl (C=O) groups is 1. The molecule has 1 aromatic heterocycles. The summed E-state index contributed by atoms with van der Waals surface area (Å²) >= 11 is 0. The summed E-state index contributed by atoms with van der Waals surface area (Å²) in [6, 6.07) is 1.67. The second-order valence-electron chi connectivity index (χ2n) is 2.20. The molecule has 0 aliphatic carbocycles. The van der Waals surface area contributed by atoms with Gasteiger partial charge in [0.1, 0.15) is 0 Å². The van der Waals surface area contributed by atoms with Gasteiger partial charge >= 0.3 is 5.97 Å². The van der Waals surface area contributed by atoms with Crippen LogP contribution in [0.1, 0.15) is 16.1 Å². The van der Waals surface area contributed by atoms with E-state index in [9.17, 15) is 4.79 Å². The van der Waals surface area contributed by atoms with E-state index in [1.165, 1.54) is 6.20 Å². The number of anilines is 1. The van der Waals surface area contributed by atoms with Crippen molar-refractivity contribution in [3.63, 3.8) is 0 Å². The highest BCUT2D eigenvalue weighted by molar-refractivity contribution is 5.91. The van der Waals surface area contributed by atoms with Gasteiger partial charge in [0.25, 0.3) is 0 Å². The van der Waals surface area contributed by atoms with Crippen LogP contribution in [0.2, 0.25) is 0 Å². The fourth-order valence-corrected chi connectivity index (χ4v) is 0.740. The van der Waals surface area contributed by atoms with E-state index in [-0.39, 0.29) is 23.8 Å². The molecule has 0 aliphatic heterocycles. The van der Waals surface area contributed by atoms with Gasteiger partial charge in [0.05, 0.1) is 5.69 Å². The number of rotatable bonds is 1. The maximum absolute atomic E-state index is 10.4. The number of nitrogen functional groups attached to an aromatic ring is 1. The van der Waals surface area contributed by atoms with Crippen molar-refractivity contribution in [2.45, 2.75) is 6.92 Å². The predicted molar refractivity (Wildman–Crippen MR) is 47.6 cm³/mol. The summed E-state index contributed by atoms with van der Waals surface area (Å²) in [5, 5.41) is 8.55. The normalized spacial score (nSPS) is 8.75. The number of nitrogens with zero attached hydrogens (tertiary/aromatic N) is 1. The number of carboxylic acids is 1. The fourth-order valence-electron chi connectivity index (χ4n) is 0.740. The first-order chi connectivity index (χ1) is 5.13. The summed E-state index contributed by atoms with van der Waals surface area (Å²) in [7, 11) is 0. The Kier molecular flexibility index (Phi) is 3.50. The molecule has 4 nitrogen and oxygen atoms in total. The van der Waals surface area contributed by atoms with Crippen LogP contribution in [-0.4, -0.2) is 16.1 Å². The lowest BCUT2D eigenvalue weighted by Crippen LogP contribution is -2.06. The average Bonchev–Trinajstić information content (AvgIpc) is 1.94. The van der Waals surface area contributed by atoms with Gasteiger partial charge in [-0.1, -0.05) is 0 Å². The molecule has 0 saturated carbocycles. The highest BCUT2D eigenvalue weighted by Gasteiger charge is 2.09. The minimum absolute atomic E-state index is 0. The summed E-state index contributed by atoms with van der Waals surface area (Å²) < 4.78 is 0. The fraction of sp³-hybridized carbons (Fsp3) is 0.143. The number of hydrogen-bond acceptors (Lipinski definition) is 3. The van der Waals surface area contributed by atoms with Crippen LogP contribution in [0.5, 0.6) is 0 Å². The second-order valence-corrected chi connectivity index (χ2v) is 2.20. The summed E-state index contributed by atoms with van der Waals surface area (Å²) in [5.41, 5.74) is 6.33. The van der Waals surface area contributed by atoms with Crippen molar-refractivity contribution >= 4 is 24.1 Å². The molecule has 1 aromatic rings. The Morgan fingerprint density at radius 1 is 1.67 bits per heavy atom. The molecule has 66 valence electrons. The SMILES string of the molecule is Cc1ccnc(C(=O)O)c1N.Cl. The zero-order chi connectivity index (χ0) is 8.43. The van der Waals surface area contributed by atoms with E-state index < -0.39 is 5.97 Å². The van der Waals surface area contributed by atoms with Crippen molar-refractivity contribution in [1.29, 1.82) is 0 Å².